The van der Waals surface area contributed by atoms with Crippen molar-refractivity contribution in [1.82, 2.24) is 14.5 Å². The van der Waals surface area contributed by atoms with Crippen molar-refractivity contribution in [2.24, 2.45) is 0 Å². The summed E-state index contributed by atoms with van der Waals surface area (Å²) in [5.41, 5.74) is 3.19. The van der Waals surface area contributed by atoms with E-state index in [4.69, 9.17) is 0 Å². The Hall–Kier alpha value is -3.48. The molecule has 2 aromatic carbocycles. The van der Waals surface area contributed by atoms with Crippen LogP contribution in [-0.4, -0.2) is 39.4 Å². The molecule has 2 amide bonds. The first kappa shape index (κ1) is 21.2. The highest BCUT2D eigenvalue weighted by Gasteiger charge is 2.14. The Morgan fingerprint density at radius 1 is 1.00 bits per heavy atom. The van der Waals surface area contributed by atoms with Crippen molar-refractivity contribution < 1.29 is 9.59 Å². The predicted molar refractivity (Wildman–Crippen MR) is 118 cm³/mol. The molecule has 30 heavy (non-hydrogen) atoms. The summed E-state index contributed by atoms with van der Waals surface area (Å²) in [5, 5.41) is 2.84. The van der Waals surface area contributed by atoms with E-state index in [2.05, 4.69) is 10.3 Å². The fourth-order valence-electron chi connectivity index (χ4n) is 3.42. The molecule has 0 atom stereocenters. The van der Waals surface area contributed by atoms with Gasteiger partial charge in [-0.3, -0.25) is 14.4 Å². The van der Waals surface area contributed by atoms with E-state index in [9.17, 15) is 14.4 Å². The number of nitrogens with one attached hydrogen (secondary N) is 1. The molecule has 0 spiro atoms. The quantitative estimate of drug-likeness (QED) is 0.679. The second kappa shape index (κ2) is 8.90. The van der Waals surface area contributed by atoms with E-state index in [1.807, 2.05) is 20.8 Å². The van der Waals surface area contributed by atoms with Crippen LogP contribution in [0.2, 0.25) is 0 Å². The van der Waals surface area contributed by atoms with Gasteiger partial charge in [-0.25, -0.2) is 4.98 Å². The summed E-state index contributed by atoms with van der Waals surface area (Å²) in [4.78, 5) is 43.4. The van der Waals surface area contributed by atoms with Crippen molar-refractivity contribution >= 4 is 28.5 Å². The molecule has 1 N–H and O–H groups in total. The fourth-order valence-corrected chi connectivity index (χ4v) is 3.42. The molecule has 156 valence electrons. The van der Waals surface area contributed by atoms with Gasteiger partial charge in [0.1, 0.15) is 5.69 Å². The van der Waals surface area contributed by atoms with Crippen LogP contribution in [-0.2, 0) is 6.54 Å². The van der Waals surface area contributed by atoms with Gasteiger partial charge in [0.15, 0.2) is 0 Å². The van der Waals surface area contributed by atoms with Crippen LogP contribution in [0.3, 0.4) is 0 Å². The zero-order valence-corrected chi connectivity index (χ0v) is 17.7. The van der Waals surface area contributed by atoms with Gasteiger partial charge < -0.3 is 14.8 Å². The highest BCUT2D eigenvalue weighted by molar-refractivity contribution is 6.06. The third kappa shape index (κ3) is 4.10. The summed E-state index contributed by atoms with van der Waals surface area (Å²) in [6, 6.07) is 12.0. The number of rotatable bonds is 6. The molecule has 0 radical (unpaired) electrons. The van der Waals surface area contributed by atoms with Crippen molar-refractivity contribution in [3.8, 4) is 0 Å². The van der Waals surface area contributed by atoms with E-state index < -0.39 is 0 Å². The first-order valence-corrected chi connectivity index (χ1v) is 10.1. The number of carbonyl (C=O) groups is 2. The van der Waals surface area contributed by atoms with E-state index in [0.29, 0.717) is 53.2 Å². The Labute approximate surface area is 175 Å². The standard InChI is InChI=1S/C23H26N4O3/c1-5-26(6-2)23(30)16-8-11-18(12-9-16)25-21(28)17-10-13-20-19(14-17)24-15(4)22(29)27(20)7-3/h8-14H,5-7H2,1-4H3,(H,25,28). The summed E-state index contributed by atoms with van der Waals surface area (Å²) in [5.74, 6) is -0.316. The van der Waals surface area contributed by atoms with Crippen LogP contribution in [0.4, 0.5) is 5.69 Å². The summed E-state index contributed by atoms with van der Waals surface area (Å²) in [6.07, 6.45) is 0. The van der Waals surface area contributed by atoms with Gasteiger partial charge >= 0.3 is 0 Å². The van der Waals surface area contributed by atoms with Gasteiger partial charge in [0.2, 0.25) is 0 Å². The molecule has 3 aromatic rings. The van der Waals surface area contributed by atoms with Crippen molar-refractivity contribution in [1.29, 1.82) is 0 Å². The molecular weight excluding hydrogens is 380 g/mol. The van der Waals surface area contributed by atoms with Crippen molar-refractivity contribution in [3.63, 3.8) is 0 Å². The molecule has 1 aromatic heterocycles. The van der Waals surface area contributed by atoms with Crippen LogP contribution in [0.1, 0.15) is 47.2 Å². The van der Waals surface area contributed by atoms with E-state index >= 15 is 0 Å². The molecule has 0 aliphatic heterocycles. The fraction of sp³-hybridized carbons (Fsp3) is 0.304. The Morgan fingerprint density at radius 2 is 1.63 bits per heavy atom. The number of fused-ring (bicyclic) bond motifs is 1. The number of benzene rings is 2. The minimum absolute atomic E-state index is 0.0316. The summed E-state index contributed by atoms with van der Waals surface area (Å²) in [7, 11) is 0. The molecule has 0 saturated heterocycles. The van der Waals surface area contributed by atoms with Crippen LogP contribution < -0.4 is 10.9 Å². The number of aromatic nitrogens is 2. The molecule has 3 rings (SSSR count). The maximum atomic E-state index is 12.7. The van der Waals surface area contributed by atoms with E-state index in [0.717, 1.165) is 0 Å². The molecule has 0 saturated carbocycles. The monoisotopic (exact) mass is 406 g/mol. The highest BCUT2D eigenvalue weighted by Crippen LogP contribution is 2.17. The first-order valence-electron chi connectivity index (χ1n) is 10.1. The molecule has 0 aliphatic carbocycles. The van der Waals surface area contributed by atoms with Crippen LogP contribution in [0, 0.1) is 6.92 Å². The lowest BCUT2D eigenvalue weighted by Gasteiger charge is -2.18. The van der Waals surface area contributed by atoms with Crippen molar-refractivity contribution in [2.45, 2.75) is 34.2 Å². The first-order chi connectivity index (χ1) is 14.4. The van der Waals surface area contributed by atoms with Crippen molar-refractivity contribution in [3.05, 3.63) is 69.6 Å². The molecule has 0 fully saturated rings. The van der Waals surface area contributed by atoms with E-state index in [1.54, 1.807) is 58.9 Å². The van der Waals surface area contributed by atoms with Gasteiger partial charge in [0, 0.05) is 36.4 Å². The van der Waals surface area contributed by atoms with E-state index in [-0.39, 0.29) is 17.4 Å². The molecule has 0 unspecified atom stereocenters. The van der Waals surface area contributed by atoms with Gasteiger partial charge in [-0.05, 0) is 70.2 Å². The Bertz CT molecular complexity index is 1150. The second-order valence-electron chi connectivity index (χ2n) is 6.96. The average molecular weight is 406 g/mol. The van der Waals surface area contributed by atoms with Gasteiger partial charge in [-0.2, -0.15) is 0 Å². The molecule has 0 aliphatic rings. The van der Waals surface area contributed by atoms with Crippen LogP contribution >= 0.6 is 0 Å². The number of anilines is 1. The predicted octanol–water partition coefficient (Wildman–Crippen LogP) is 3.46. The topological polar surface area (TPSA) is 84.3 Å². The zero-order chi connectivity index (χ0) is 21.8. The van der Waals surface area contributed by atoms with Gasteiger partial charge in [0.25, 0.3) is 17.4 Å². The smallest absolute Gasteiger partial charge is 0.272 e. The zero-order valence-electron chi connectivity index (χ0n) is 17.7. The molecule has 7 heteroatoms. The third-order valence-corrected chi connectivity index (χ3v) is 5.13. The minimum Gasteiger partial charge on any atom is -0.339 e. The molecule has 7 nitrogen and oxygen atoms in total. The highest BCUT2D eigenvalue weighted by atomic mass is 16.2. The maximum Gasteiger partial charge on any atom is 0.272 e. The SMILES string of the molecule is CCN(CC)C(=O)c1ccc(NC(=O)c2ccc3c(c2)nc(C)c(=O)n3CC)cc1. The van der Waals surface area contributed by atoms with Gasteiger partial charge in [-0.1, -0.05) is 0 Å². The summed E-state index contributed by atoms with van der Waals surface area (Å²) in [6.45, 7) is 9.27. The molecule has 1 heterocycles. The molecular formula is C23H26N4O3. The van der Waals surface area contributed by atoms with Crippen molar-refractivity contribution in [2.75, 3.05) is 18.4 Å². The lowest BCUT2D eigenvalue weighted by molar-refractivity contribution is 0.0773. The normalized spacial score (nSPS) is 10.8. The number of carbonyl (C=O) groups excluding carboxylic acids is 2. The molecule has 0 bridgehead atoms. The lowest BCUT2D eigenvalue weighted by Crippen LogP contribution is -2.30. The van der Waals surface area contributed by atoms with Crippen LogP contribution in [0.5, 0.6) is 0 Å². The second-order valence-corrected chi connectivity index (χ2v) is 6.96. The van der Waals surface area contributed by atoms with E-state index in [1.165, 1.54) is 0 Å². The summed E-state index contributed by atoms with van der Waals surface area (Å²) < 4.78 is 1.64. The Morgan fingerprint density at radius 3 is 2.23 bits per heavy atom. The third-order valence-electron chi connectivity index (χ3n) is 5.13. The number of hydrogen-bond acceptors (Lipinski definition) is 4. The van der Waals surface area contributed by atoms with Crippen LogP contribution in [0.15, 0.2) is 47.3 Å². The Balaban J connectivity index is 1.82. The van der Waals surface area contributed by atoms with Gasteiger partial charge in [-0.15, -0.1) is 0 Å². The number of hydrogen-bond donors (Lipinski definition) is 1. The largest absolute Gasteiger partial charge is 0.339 e. The summed E-state index contributed by atoms with van der Waals surface area (Å²) >= 11 is 0. The number of aryl methyl sites for hydroxylation is 2. The van der Waals surface area contributed by atoms with Gasteiger partial charge in [0.05, 0.1) is 11.0 Å². The maximum absolute atomic E-state index is 12.7. The van der Waals surface area contributed by atoms with Crippen LogP contribution in [0.25, 0.3) is 11.0 Å². The number of amides is 2. The number of nitrogens with zero attached hydrogens (tertiary/aromatic N) is 3. The average Bonchev–Trinajstić information content (AvgIpc) is 2.75. The minimum atomic E-state index is -0.284. The lowest BCUT2D eigenvalue weighted by atomic mass is 10.1. The Kier molecular flexibility index (Phi) is 6.30.